The van der Waals surface area contributed by atoms with E-state index in [-0.39, 0.29) is 21.5 Å². The molecule has 4 atom stereocenters. The average Bonchev–Trinajstić information content (AvgIpc) is 3.01. The molecular weight excluding hydrogens is 856 g/mol. The summed E-state index contributed by atoms with van der Waals surface area (Å²) in [4.78, 5) is 48.1. The van der Waals surface area contributed by atoms with E-state index in [1.807, 2.05) is 0 Å². The van der Waals surface area contributed by atoms with Crippen LogP contribution >= 0.6 is 0 Å². The molecule has 0 aromatic carbocycles. The number of halogens is 8. The van der Waals surface area contributed by atoms with E-state index < -0.39 is 122 Å². The monoisotopic (exact) mass is 910 g/mol. The van der Waals surface area contributed by atoms with Crippen LogP contribution in [0.15, 0.2) is 0 Å². The molecule has 0 radical (unpaired) electrons. The lowest BCUT2D eigenvalue weighted by Crippen LogP contribution is -2.50. The van der Waals surface area contributed by atoms with Crippen LogP contribution in [-0.2, 0) is 67.8 Å². The van der Waals surface area contributed by atoms with Crippen LogP contribution in [0.25, 0.3) is 0 Å². The first kappa shape index (κ1) is 61.7. The number of hydrogen-bond acceptors (Lipinski definition) is 16. The summed E-state index contributed by atoms with van der Waals surface area (Å²) in [5, 5.41) is -11.8. The molecule has 16 nitrogen and oxygen atoms in total. The van der Waals surface area contributed by atoms with Crippen LogP contribution in [0, 0.1) is 11.8 Å². The summed E-state index contributed by atoms with van der Waals surface area (Å²) in [7, 11) is -13.3. The van der Waals surface area contributed by atoms with Crippen LogP contribution in [0.3, 0.4) is 0 Å². The molecule has 58 heavy (non-hydrogen) atoms. The lowest BCUT2D eigenvalue weighted by Gasteiger charge is -2.33. The second kappa shape index (κ2) is 22.6. The number of carbonyl (C=O) groups is 4. The number of alkyl halides is 8. The van der Waals surface area contributed by atoms with Crippen molar-refractivity contribution in [3.8, 4) is 0 Å². The lowest BCUT2D eigenvalue weighted by atomic mass is 10.1. The van der Waals surface area contributed by atoms with Gasteiger partial charge in [0.15, 0.2) is 20.2 Å². The van der Waals surface area contributed by atoms with E-state index in [9.17, 15) is 80.2 Å². The topological polar surface area (TPSA) is 238 Å². The predicted molar refractivity (Wildman–Crippen MR) is 184 cm³/mol. The van der Waals surface area contributed by atoms with Gasteiger partial charge in [0.2, 0.25) is 0 Å². The molecule has 0 aliphatic carbocycles. The first-order chi connectivity index (χ1) is 24.8. The van der Waals surface area contributed by atoms with E-state index in [0.29, 0.717) is 12.8 Å². The third-order valence-corrected chi connectivity index (χ3v) is 8.96. The molecule has 26 heteroatoms. The Hall–Kier alpha value is -2.94. The highest BCUT2D eigenvalue weighted by molar-refractivity contribution is 7.87. The quantitative estimate of drug-likeness (QED) is 0.0414. The maximum atomic E-state index is 13.6. The van der Waals surface area contributed by atoms with Crippen molar-refractivity contribution in [1.82, 2.24) is 0 Å². The lowest BCUT2D eigenvalue weighted by molar-refractivity contribution is -0.252. The third-order valence-electron chi connectivity index (χ3n) is 7.10. The molecule has 0 bridgehead atoms. The number of rotatable bonds is 21. The molecule has 348 valence electrons. The van der Waals surface area contributed by atoms with Crippen molar-refractivity contribution >= 4 is 44.1 Å². The minimum Gasteiger partial charge on any atom is -0.743 e. The fraction of sp³-hybridized carbons (Fsp3) is 0.875. The summed E-state index contributed by atoms with van der Waals surface area (Å²) in [5.74, 6) is -21.6. The van der Waals surface area contributed by atoms with Crippen molar-refractivity contribution in [2.75, 3.05) is 19.8 Å². The van der Waals surface area contributed by atoms with Gasteiger partial charge in [0.1, 0.15) is 5.60 Å². The third kappa shape index (κ3) is 17.3. The molecule has 0 aromatic heterocycles. The van der Waals surface area contributed by atoms with Gasteiger partial charge in [-0.25, -0.2) is 26.4 Å². The smallest absolute Gasteiger partial charge is 0.396 e. The minimum absolute atomic E-state index is 0. The number of esters is 4. The minimum atomic E-state index is -6.67. The molecule has 0 saturated heterocycles. The van der Waals surface area contributed by atoms with Gasteiger partial charge in [-0.1, -0.05) is 42.5 Å². The standard InChI is InChI=1S/C16H26F4O8S.C14H22F4O8S.2CH4/c1-7-10(2)11(21)27-14(6,12(22)28-13(3,4)5)26-9-8-15(17,18)16(19,20)29(23,24)25;1-5-9(3)10(19)26-12(4,11(20)24-6-2)25-8-7-13(15,16)14(17,18)27(21,22)23;;/h10H,7-9H2,1-6H3,(H,23,24,25);9H,5-8H2,1-4H3,(H,21,22,23);2*1H4/p-2. The SMILES string of the molecule is C.C.CCC(C)C(=O)OC(C)(OCCC(F)(F)C(F)(F)S(=O)(=O)[O-])C(=O)OC(C)(C)C.CCOC(=O)C(C)(OCCC(F)(F)C(F)(F)S(=O)(=O)[O-])OC(=O)C(C)CC. The van der Waals surface area contributed by atoms with Crippen molar-refractivity contribution in [2.45, 2.75) is 149 Å². The fourth-order valence-corrected chi connectivity index (χ4v) is 4.15. The van der Waals surface area contributed by atoms with Crippen molar-refractivity contribution in [3.63, 3.8) is 0 Å². The van der Waals surface area contributed by atoms with Gasteiger partial charge in [-0.2, -0.15) is 35.1 Å². The van der Waals surface area contributed by atoms with Gasteiger partial charge in [0.05, 0.1) is 31.7 Å². The Bertz CT molecular complexity index is 1570. The molecule has 4 unspecified atom stereocenters. The summed E-state index contributed by atoms with van der Waals surface area (Å²) < 4.78 is 198. The van der Waals surface area contributed by atoms with Gasteiger partial charge in [-0.05, 0) is 40.5 Å². The zero-order valence-electron chi connectivity index (χ0n) is 32.0. The molecule has 0 aliphatic rings. The molecule has 0 heterocycles. The second-order valence-electron chi connectivity index (χ2n) is 13.1. The van der Waals surface area contributed by atoms with Crippen molar-refractivity contribution in [3.05, 3.63) is 0 Å². The summed E-state index contributed by atoms with van der Waals surface area (Å²) in [6.07, 6.45) is -3.30. The Kier molecular flexibility index (Phi) is 24.1. The second-order valence-corrected chi connectivity index (χ2v) is 16.0. The maximum Gasteiger partial charge on any atom is 0.396 e. The van der Waals surface area contributed by atoms with Crippen molar-refractivity contribution in [1.29, 1.82) is 0 Å². The predicted octanol–water partition coefficient (Wildman–Crippen LogP) is 6.12. The van der Waals surface area contributed by atoms with Crippen LogP contribution < -0.4 is 0 Å². The maximum absolute atomic E-state index is 13.6. The first-order valence-electron chi connectivity index (χ1n) is 16.3. The number of hydrogen-bond donors (Lipinski definition) is 0. The van der Waals surface area contributed by atoms with E-state index in [2.05, 4.69) is 4.74 Å². The van der Waals surface area contributed by atoms with E-state index in [4.69, 9.17) is 23.7 Å². The van der Waals surface area contributed by atoms with Crippen LogP contribution in [0.1, 0.15) is 110 Å². The van der Waals surface area contributed by atoms with Crippen LogP contribution in [-0.4, -0.2) is 109 Å². The number of carbonyl (C=O) groups excluding carboxylic acids is 4. The van der Waals surface area contributed by atoms with Crippen LogP contribution in [0.5, 0.6) is 0 Å². The average molecular weight is 911 g/mol. The molecule has 0 aromatic rings. The summed E-state index contributed by atoms with van der Waals surface area (Å²) in [5.41, 5.74) is -1.10. The van der Waals surface area contributed by atoms with Gasteiger partial charge < -0.3 is 37.5 Å². The molecule has 0 aliphatic heterocycles. The molecule has 0 saturated carbocycles. The summed E-state index contributed by atoms with van der Waals surface area (Å²) >= 11 is 0. The van der Waals surface area contributed by atoms with Crippen LogP contribution in [0.2, 0.25) is 0 Å². The van der Waals surface area contributed by atoms with Gasteiger partial charge in [-0.15, -0.1) is 0 Å². The van der Waals surface area contributed by atoms with Gasteiger partial charge in [0, 0.05) is 26.7 Å². The highest BCUT2D eigenvalue weighted by Crippen LogP contribution is 2.42. The zero-order chi connectivity index (χ0) is 45.2. The Morgan fingerprint density at radius 3 is 1.10 bits per heavy atom. The van der Waals surface area contributed by atoms with E-state index in [1.54, 1.807) is 13.8 Å². The molecule has 0 fully saturated rings. The highest BCUT2D eigenvalue weighted by Gasteiger charge is 2.62. The van der Waals surface area contributed by atoms with Crippen molar-refractivity contribution < 1.29 is 109 Å². The highest BCUT2D eigenvalue weighted by atomic mass is 32.2. The normalized spacial score (nSPS) is 15.9. The van der Waals surface area contributed by atoms with E-state index >= 15 is 0 Å². The molecule has 0 spiro atoms. The van der Waals surface area contributed by atoms with E-state index in [1.165, 1.54) is 41.5 Å². The van der Waals surface area contributed by atoms with Gasteiger partial charge in [0.25, 0.3) is 0 Å². The fourth-order valence-electron chi connectivity index (χ4n) is 3.22. The van der Waals surface area contributed by atoms with Gasteiger partial charge in [-0.3, -0.25) is 9.59 Å². The van der Waals surface area contributed by atoms with Gasteiger partial charge >= 0.3 is 57.8 Å². The largest absolute Gasteiger partial charge is 0.743 e. The first-order valence-corrected chi connectivity index (χ1v) is 19.1. The Balaban J connectivity index is -0.000000487. The summed E-state index contributed by atoms with van der Waals surface area (Å²) in [6, 6.07) is 0. The molecule has 0 amide bonds. The van der Waals surface area contributed by atoms with E-state index in [0.717, 1.165) is 13.8 Å². The summed E-state index contributed by atoms with van der Waals surface area (Å²) in [6.45, 7) is 10.7. The Morgan fingerprint density at radius 1 is 0.569 bits per heavy atom. The Morgan fingerprint density at radius 2 is 0.862 bits per heavy atom. The molecule has 0 N–H and O–H groups in total. The zero-order valence-corrected chi connectivity index (χ0v) is 33.6. The van der Waals surface area contributed by atoms with Crippen molar-refractivity contribution in [2.24, 2.45) is 11.8 Å². The molecule has 0 rings (SSSR count). The Labute approximate surface area is 333 Å². The number of ether oxygens (including phenoxy) is 6. The molecular formula is C32H54F8O16S2-2. The van der Waals surface area contributed by atoms with Crippen LogP contribution in [0.4, 0.5) is 35.1 Å².